The Bertz CT molecular complexity index is 356. The molecule has 16 heavy (non-hydrogen) atoms. The zero-order chi connectivity index (χ0) is 11.4. The number of nitrogens with two attached hydrogens (primary N) is 1. The fourth-order valence-corrected chi connectivity index (χ4v) is 2.03. The third-order valence-electron chi connectivity index (χ3n) is 3.22. The molecule has 86 valence electrons. The lowest BCUT2D eigenvalue weighted by Gasteiger charge is -2.40. The van der Waals surface area contributed by atoms with E-state index >= 15 is 0 Å². The summed E-state index contributed by atoms with van der Waals surface area (Å²) in [5, 5.41) is 10.2. The maximum Gasteiger partial charge on any atom is 0.226 e. The molecule has 1 aromatic heterocycles. The van der Waals surface area contributed by atoms with Crippen LogP contribution in [0.5, 0.6) is 0 Å². The largest absolute Gasteiger partial charge is 0.330 e. The Labute approximate surface area is 94.4 Å². The van der Waals surface area contributed by atoms with Gasteiger partial charge in [0.25, 0.3) is 0 Å². The molecule has 1 fully saturated rings. The average molecular weight is 220 g/mol. The molecule has 0 spiro atoms. The van der Waals surface area contributed by atoms with Gasteiger partial charge in [-0.15, -0.1) is 5.10 Å². The van der Waals surface area contributed by atoms with Crippen molar-refractivity contribution in [3.05, 3.63) is 18.3 Å². The Balaban J connectivity index is 1.89. The standard InChI is InChI=1S/C11H16N4O/c12-8-11(4-2-5-11)7-10(16)14-9-3-1-6-13-15-9/h1,3,6H,2,4-5,7-8,12H2,(H,14,15,16). The highest BCUT2D eigenvalue weighted by molar-refractivity contribution is 5.90. The van der Waals surface area contributed by atoms with Crippen LogP contribution in [-0.4, -0.2) is 22.6 Å². The summed E-state index contributed by atoms with van der Waals surface area (Å²) in [4.78, 5) is 11.7. The van der Waals surface area contributed by atoms with Gasteiger partial charge in [0.1, 0.15) is 0 Å². The third-order valence-corrected chi connectivity index (χ3v) is 3.22. The predicted octanol–water partition coefficient (Wildman–Crippen LogP) is 0.934. The molecule has 2 rings (SSSR count). The zero-order valence-electron chi connectivity index (χ0n) is 9.15. The summed E-state index contributed by atoms with van der Waals surface area (Å²) in [6, 6.07) is 3.46. The lowest BCUT2D eigenvalue weighted by atomic mass is 9.66. The van der Waals surface area contributed by atoms with E-state index in [0.717, 1.165) is 12.8 Å². The number of carbonyl (C=O) groups is 1. The van der Waals surface area contributed by atoms with Crippen LogP contribution < -0.4 is 11.1 Å². The van der Waals surface area contributed by atoms with E-state index in [0.29, 0.717) is 18.8 Å². The number of nitrogens with one attached hydrogen (secondary N) is 1. The first-order chi connectivity index (χ1) is 7.74. The first-order valence-corrected chi connectivity index (χ1v) is 5.52. The van der Waals surface area contributed by atoms with E-state index in [1.165, 1.54) is 6.42 Å². The molecule has 0 bridgehead atoms. The lowest BCUT2D eigenvalue weighted by molar-refractivity contribution is -0.119. The molecule has 0 unspecified atom stereocenters. The van der Waals surface area contributed by atoms with Crippen molar-refractivity contribution in [1.82, 2.24) is 10.2 Å². The second-order valence-corrected chi connectivity index (χ2v) is 4.39. The summed E-state index contributed by atoms with van der Waals surface area (Å²) >= 11 is 0. The first kappa shape index (κ1) is 11.0. The van der Waals surface area contributed by atoms with E-state index < -0.39 is 0 Å². The molecule has 0 aliphatic heterocycles. The van der Waals surface area contributed by atoms with Crippen LogP contribution in [0.25, 0.3) is 0 Å². The van der Waals surface area contributed by atoms with Crippen LogP contribution >= 0.6 is 0 Å². The van der Waals surface area contributed by atoms with Gasteiger partial charge in [-0.3, -0.25) is 4.79 Å². The van der Waals surface area contributed by atoms with Gasteiger partial charge in [0.15, 0.2) is 5.82 Å². The minimum Gasteiger partial charge on any atom is -0.330 e. The Morgan fingerprint density at radius 3 is 2.88 bits per heavy atom. The Hall–Kier alpha value is -1.49. The van der Waals surface area contributed by atoms with E-state index in [4.69, 9.17) is 5.73 Å². The molecular formula is C11H16N4O. The van der Waals surface area contributed by atoms with Crippen LogP contribution in [0.4, 0.5) is 5.82 Å². The molecule has 1 amide bonds. The second-order valence-electron chi connectivity index (χ2n) is 4.39. The van der Waals surface area contributed by atoms with E-state index in [1.807, 2.05) is 0 Å². The van der Waals surface area contributed by atoms with E-state index in [2.05, 4.69) is 15.5 Å². The quantitative estimate of drug-likeness (QED) is 0.791. The molecule has 5 nitrogen and oxygen atoms in total. The number of anilines is 1. The molecule has 1 aliphatic carbocycles. The molecule has 5 heteroatoms. The van der Waals surface area contributed by atoms with Gasteiger partial charge in [-0.05, 0) is 36.9 Å². The predicted molar refractivity (Wildman–Crippen MR) is 60.6 cm³/mol. The molecular weight excluding hydrogens is 204 g/mol. The topological polar surface area (TPSA) is 80.9 Å². The molecule has 1 heterocycles. The maximum atomic E-state index is 11.7. The summed E-state index contributed by atoms with van der Waals surface area (Å²) in [6.45, 7) is 0.584. The molecule has 1 aliphatic rings. The van der Waals surface area contributed by atoms with E-state index in [1.54, 1.807) is 18.3 Å². The van der Waals surface area contributed by atoms with Crippen molar-refractivity contribution >= 4 is 11.7 Å². The SMILES string of the molecule is NCC1(CC(=O)Nc2cccnn2)CCC1. The van der Waals surface area contributed by atoms with Gasteiger partial charge in [-0.1, -0.05) is 6.42 Å². The van der Waals surface area contributed by atoms with Crippen molar-refractivity contribution in [3.63, 3.8) is 0 Å². The summed E-state index contributed by atoms with van der Waals surface area (Å²) in [5.41, 5.74) is 5.74. The molecule has 1 saturated carbocycles. The van der Waals surface area contributed by atoms with Crippen molar-refractivity contribution < 1.29 is 4.79 Å². The van der Waals surface area contributed by atoms with Gasteiger partial charge in [-0.2, -0.15) is 5.10 Å². The minimum atomic E-state index is -0.0225. The maximum absolute atomic E-state index is 11.7. The molecule has 1 aromatic rings. The number of amides is 1. The molecule has 0 atom stereocenters. The highest BCUT2D eigenvalue weighted by Crippen LogP contribution is 2.42. The smallest absolute Gasteiger partial charge is 0.226 e. The van der Waals surface area contributed by atoms with Crippen molar-refractivity contribution in [2.75, 3.05) is 11.9 Å². The first-order valence-electron chi connectivity index (χ1n) is 5.52. The summed E-state index contributed by atoms with van der Waals surface area (Å²) in [6.07, 6.45) is 5.34. The van der Waals surface area contributed by atoms with Crippen LogP contribution in [0.1, 0.15) is 25.7 Å². The number of aromatic nitrogens is 2. The third kappa shape index (κ3) is 2.36. The van der Waals surface area contributed by atoms with Gasteiger partial charge < -0.3 is 11.1 Å². The lowest BCUT2D eigenvalue weighted by Crippen LogP contribution is -2.40. The highest BCUT2D eigenvalue weighted by Gasteiger charge is 2.37. The minimum absolute atomic E-state index is 0.0225. The van der Waals surface area contributed by atoms with Crippen molar-refractivity contribution in [2.45, 2.75) is 25.7 Å². The van der Waals surface area contributed by atoms with Crippen LogP contribution in [0.15, 0.2) is 18.3 Å². The van der Waals surface area contributed by atoms with Gasteiger partial charge in [0.05, 0.1) is 0 Å². The van der Waals surface area contributed by atoms with Crippen LogP contribution in [0.3, 0.4) is 0 Å². The molecule has 3 N–H and O–H groups in total. The summed E-state index contributed by atoms with van der Waals surface area (Å²) < 4.78 is 0. The number of hydrogen-bond donors (Lipinski definition) is 2. The van der Waals surface area contributed by atoms with Crippen molar-refractivity contribution in [2.24, 2.45) is 11.1 Å². The summed E-state index contributed by atoms with van der Waals surface area (Å²) in [5.74, 6) is 0.477. The van der Waals surface area contributed by atoms with E-state index in [-0.39, 0.29) is 11.3 Å². The average Bonchev–Trinajstić information content (AvgIpc) is 2.25. The van der Waals surface area contributed by atoms with Crippen LogP contribution in [0.2, 0.25) is 0 Å². The number of hydrogen-bond acceptors (Lipinski definition) is 4. The zero-order valence-corrected chi connectivity index (χ0v) is 9.15. The number of carbonyl (C=O) groups excluding carboxylic acids is 1. The Morgan fingerprint density at radius 2 is 2.38 bits per heavy atom. The van der Waals surface area contributed by atoms with Crippen LogP contribution in [0, 0.1) is 5.41 Å². The normalized spacial score (nSPS) is 17.6. The van der Waals surface area contributed by atoms with Gasteiger partial charge in [0.2, 0.25) is 5.91 Å². The Morgan fingerprint density at radius 1 is 1.56 bits per heavy atom. The Kier molecular flexibility index (Phi) is 3.14. The van der Waals surface area contributed by atoms with Crippen molar-refractivity contribution in [1.29, 1.82) is 0 Å². The molecule has 0 radical (unpaired) electrons. The number of rotatable bonds is 4. The molecule has 0 aromatic carbocycles. The molecule has 0 saturated heterocycles. The van der Waals surface area contributed by atoms with Gasteiger partial charge in [0, 0.05) is 12.6 Å². The van der Waals surface area contributed by atoms with E-state index in [9.17, 15) is 4.79 Å². The fraction of sp³-hybridized carbons (Fsp3) is 0.545. The van der Waals surface area contributed by atoms with Gasteiger partial charge >= 0.3 is 0 Å². The monoisotopic (exact) mass is 220 g/mol. The summed E-state index contributed by atoms with van der Waals surface area (Å²) in [7, 11) is 0. The fourth-order valence-electron chi connectivity index (χ4n) is 2.03. The highest BCUT2D eigenvalue weighted by atomic mass is 16.1. The second kappa shape index (κ2) is 4.57. The number of nitrogens with zero attached hydrogens (tertiary/aromatic N) is 2. The van der Waals surface area contributed by atoms with Crippen molar-refractivity contribution in [3.8, 4) is 0 Å². The van der Waals surface area contributed by atoms with Gasteiger partial charge in [-0.25, -0.2) is 0 Å². The van der Waals surface area contributed by atoms with Crippen LogP contribution in [-0.2, 0) is 4.79 Å².